The number of nitrogens with one attached hydrogen (secondary N) is 1. The van der Waals surface area contributed by atoms with Gasteiger partial charge in [0.25, 0.3) is 0 Å². The van der Waals surface area contributed by atoms with E-state index < -0.39 is 0 Å². The molecule has 1 N–H and O–H groups in total. The molecule has 166 valence electrons. The molecular weight excluding hydrogens is 487 g/mol. The molecule has 0 aromatic heterocycles. The quantitative estimate of drug-likeness (QED) is 0.305. The van der Waals surface area contributed by atoms with Crippen LogP contribution in [-0.2, 0) is 13.2 Å². The van der Waals surface area contributed by atoms with Crippen LogP contribution in [0.1, 0.15) is 38.3 Å². The van der Waals surface area contributed by atoms with Gasteiger partial charge in [0.2, 0.25) is 0 Å². The van der Waals surface area contributed by atoms with E-state index in [1.807, 2.05) is 31.2 Å². The van der Waals surface area contributed by atoms with Crippen LogP contribution in [0.5, 0.6) is 11.5 Å². The first-order valence-electron chi connectivity index (χ1n) is 10.4. The van der Waals surface area contributed by atoms with Gasteiger partial charge in [-0.3, -0.25) is 0 Å². The Morgan fingerprint density at radius 3 is 2.37 bits per heavy atom. The lowest BCUT2D eigenvalue weighted by molar-refractivity contribution is 0.269. The van der Waals surface area contributed by atoms with Gasteiger partial charge in [0, 0.05) is 11.0 Å². The summed E-state index contributed by atoms with van der Waals surface area (Å²) in [5.74, 6) is 1.43. The highest BCUT2D eigenvalue weighted by molar-refractivity contribution is 9.10. The predicted molar refractivity (Wildman–Crippen MR) is 130 cm³/mol. The second-order valence-electron chi connectivity index (χ2n) is 6.92. The van der Waals surface area contributed by atoms with Crippen molar-refractivity contribution in [1.29, 1.82) is 0 Å². The predicted octanol–water partition coefficient (Wildman–Crippen LogP) is 6.56. The number of hydrogen-bond donors (Lipinski definition) is 1. The molecule has 7 heteroatoms. The van der Waals surface area contributed by atoms with Gasteiger partial charge in [-0.1, -0.05) is 59.0 Å². The maximum absolute atomic E-state index is 6.10. The van der Waals surface area contributed by atoms with E-state index in [2.05, 4.69) is 40.0 Å². The first-order valence-corrected chi connectivity index (χ1v) is 12.0. The first-order chi connectivity index (χ1) is 14.5. The van der Waals surface area contributed by atoms with E-state index in [4.69, 9.17) is 32.7 Å². The molecule has 0 aliphatic heterocycles. The molecule has 0 atom stereocenters. The van der Waals surface area contributed by atoms with Crippen LogP contribution in [0, 0.1) is 0 Å². The van der Waals surface area contributed by atoms with Gasteiger partial charge in [-0.25, -0.2) is 0 Å². The Kier molecular flexibility index (Phi) is 11.3. The van der Waals surface area contributed by atoms with Crippen LogP contribution in [-0.4, -0.2) is 37.7 Å². The van der Waals surface area contributed by atoms with Gasteiger partial charge in [0.1, 0.15) is 6.61 Å². The number of ether oxygens (including phenoxy) is 2. The van der Waals surface area contributed by atoms with Crippen molar-refractivity contribution in [2.24, 2.45) is 0 Å². The molecule has 2 aromatic rings. The third kappa shape index (κ3) is 7.93. The molecule has 4 nitrogen and oxygen atoms in total. The molecule has 0 aliphatic rings. The fourth-order valence-electron chi connectivity index (χ4n) is 3.07. The summed E-state index contributed by atoms with van der Waals surface area (Å²) >= 11 is 15.8. The molecule has 0 radical (unpaired) electrons. The van der Waals surface area contributed by atoms with Crippen molar-refractivity contribution in [2.45, 2.75) is 40.3 Å². The molecule has 2 aromatic carbocycles. The van der Waals surface area contributed by atoms with Crippen LogP contribution >= 0.6 is 39.1 Å². The standard InChI is InChI=1S/C23H31BrCl2N2O2/c1-4-28(5-2)11-7-10-27-15-18-13-22(29-6-3)23(14-19(18)24)30-16-17-8-9-20(25)21(26)12-17/h8-9,12-14,27H,4-7,10-11,15-16H2,1-3H3. The van der Waals surface area contributed by atoms with Gasteiger partial charge >= 0.3 is 0 Å². The van der Waals surface area contributed by atoms with Crippen molar-refractivity contribution in [1.82, 2.24) is 10.2 Å². The average molecular weight is 518 g/mol. The van der Waals surface area contributed by atoms with Gasteiger partial charge in [-0.2, -0.15) is 0 Å². The Morgan fingerprint density at radius 1 is 0.967 bits per heavy atom. The van der Waals surface area contributed by atoms with Gasteiger partial charge in [0.15, 0.2) is 11.5 Å². The lowest BCUT2D eigenvalue weighted by Gasteiger charge is -2.18. The van der Waals surface area contributed by atoms with Crippen LogP contribution in [0.2, 0.25) is 10.0 Å². The highest BCUT2D eigenvalue weighted by Gasteiger charge is 2.12. The van der Waals surface area contributed by atoms with E-state index in [1.54, 1.807) is 6.07 Å². The van der Waals surface area contributed by atoms with Crippen LogP contribution in [0.4, 0.5) is 0 Å². The fraction of sp³-hybridized carbons (Fsp3) is 0.478. The van der Waals surface area contributed by atoms with Crippen LogP contribution in [0.3, 0.4) is 0 Å². The Balaban J connectivity index is 1.97. The summed E-state index contributed by atoms with van der Waals surface area (Å²) in [7, 11) is 0. The average Bonchev–Trinajstić information content (AvgIpc) is 2.74. The van der Waals surface area contributed by atoms with Crippen LogP contribution in [0.15, 0.2) is 34.8 Å². The molecule has 0 saturated heterocycles. The summed E-state index contributed by atoms with van der Waals surface area (Å²) in [6.45, 7) is 12.4. The molecule has 0 fully saturated rings. The Labute approximate surface area is 199 Å². The SMILES string of the molecule is CCOc1cc(CNCCCN(CC)CC)c(Br)cc1OCc1ccc(Cl)c(Cl)c1. The number of halogens is 3. The Morgan fingerprint density at radius 2 is 1.70 bits per heavy atom. The third-order valence-electron chi connectivity index (χ3n) is 4.83. The van der Waals surface area contributed by atoms with E-state index in [1.165, 1.54) is 0 Å². The van der Waals surface area contributed by atoms with Crippen molar-refractivity contribution in [3.63, 3.8) is 0 Å². The van der Waals surface area contributed by atoms with Gasteiger partial charge in [0.05, 0.1) is 16.7 Å². The summed E-state index contributed by atoms with van der Waals surface area (Å²) in [5.41, 5.74) is 2.09. The zero-order chi connectivity index (χ0) is 21.9. The van der Waals surface area contributed by atoms with Gasteiger partial charge in [-0.05, 0) is 74.9 Å². The van der Waals surface area contributed by atoms with Crippen molar-refractivity contribution in [3.05, 3.63) is 56.0 Å². The molecule has 0 unspecified atom stereocenters. The number of rotatable bonds is 13. The Bertz CT molecular complexity index is 801. The van der Waals surface area contributed by atoms with E-state index in [9.17, 15) is 0 Å². The summed E-state index contributed by atoms with van der Waals surface area (Å²) in [5, 5.41) is 4.58. The molecule has 2 rings (SSSR count). The van der Waals surface area contributed by atoms with Crippen molar-refractivity contribution >= 4 is 39.1 Å². The normalized spacial score (nSPS) is 11.2. The smallest absolute Gasteiger partial charge is 0.162 e. The summed E-state index contributed by atoms with van der Waals surface area (Å²) in [6.07, 6.45) is 1.13. The lowest BCUT2D eigenvalue weighted by atomic mass is 10.2. The fourth-order valence-corrected chi connectivity index (χ4v) is 3.86. The summed E-state index contributed by atoms with van der Waals surface area (Å²) < 4.78 is 12.8. The second kappa shape index (κ2) is 13.4. The molecule has 30 heavy (non-hydrogen) atoms. The van der Waals surface area contributed by atoms with Crippen LogP contribution < -0.4 is 14.8 Å². The van der Waals surface area contributed by atoms with Crippen molar-refractivity contribution < 1.29 is 9.47 Å². The maximum atomic E-state index is 6.10. The van der Waals surface area contributed by atoms with E-state index in [0.717, 1.165) is 60.5 Å². The number of nitrogens with zero attached hydrogens (tertiary/aromatic N) is 1. The molecule has 0 amide bonds. The number of hydrogen-bond acceptors (Lipinski definition) is 4. The second-order valence-corrected chi connectivity index (χ2v) is 8.59. The molecule has 0 heterocycles. The molecule has 0 spiro atoms. The van der Waals surface area contributed by atoms with Gasteiger partial charge in [-0.15, -0.1) is 0 Å². The van der Waals surface area contributed by atoms with Crippen LogP contribution in [0.25, 0.3) is 0 Å². The summed E-state index contributed by atoms with van der Waals surface area (Å²) in [6, 6.07) is 9.50. The Hall–Kier alpha value is -0.980. The van der Waals surface area contributed by atoms with E-state index >= 15 is 0 Å². The highest BCUT2D eigenvalue weighted by Crippen LogP contribution is 2.34. The summed E-state index contributed by atoms with van der Waals surface area (Å²) in [4.78, 5) is 2.44. The third-order valence-corrected chi connectivity index (χ3v) is 6.31. The zero-order valence-corrected chi connectivity index (χ0v) is 21.0. The molecule has 0 bridgehead atoms. The number of benzene rings is 2. The topological polar surface area (TPSA) is 33.7 Å². The molecule has 0 aliphatic carbocycles. The van der Waals surface area contributed by atoms with Crippen molar-refractivity contribution in [2.75, 3.05) is 32.8 Å². The van der Waals surface area contributed by atoms with Crippen molar-refractivity contribution in [3.8, 4) is 11.5 Å². The minimum Gasteiger partial charge on any atom is -0.490 e. The van der Waals surface area contributed by atoms with E-state index in [0.29, 0.717) is 29.0 Å². The maximum Gasteiger partial charge on any atom is 0.162 e. The van der Waals surface area contributed by atoms with E-state index in [-0.39, 0.29) is 0 Å². The molecular formula is C23H31BrCl2N2O2. The minimum atomic E-state index is 0.381. The lowest BCUT2D eigenvalue weighted by Crippen LogP contribution is -2.27. The zero-order valence-electron chi connectivity index (χ0n) is 17.9. The largest absolute Gasteiger partial charge is 0.490 e. The first kappa shape index (κ1) is 25.3. The highest BCUT2D eigenvalue weighted by atomic mass is 79.9. The monoisotopic (exact) mass is 516 g/mol. The molecule has 0 saturated carbocycles. The van der Waals surface area contributed by atoms with Gasteiger partial charge < -0.3 is 19.7 Å². The minimum absolute atomic E-state index is 0.381.